The minimum absolute atomic E-state index is 0.182. The summed E-state index contributed by atoms with van der Waals surface area (Å²) in [5, 5.41) is 15.9. The third kappa shape index (κ3) is 3.43. The molecule has 1 heterocycles. The summed E-state index contributed by atoms with van der Waals surface area (Å²) in [5.74, 6) is -0.621. The molecule has 9 heteroatoms. The van der Waals surface area contributed by atoms with Crippen LogP contribution in [0.4, 0.5) is 5.69 Å². The SMILES string of the molecule is CCNC(=O)CNC(=O)c1cc2c(cc1[N+](=O)[O-])OCCO2. The number of ether oxygens (including phenoxy) is 2. The van der Waals surface area contributed by atoms with Gasteiger partial charge in [-0.1, -0.05) is 0 Å². The zero-order valence-corrected chi connectivity index (χ0v) is 11.9. The fourth-order valence-electron chi connectivity index (χ4n) is 1.93. The van der Waals surface area contributed by atoms with Gasteiger partial charge in [0.05, 0.1) is 17.5 Å². The van der Waals surface area contributed by atoms with Crippen molar-refractivity contribution >= 4 is 17.5 Å². The first-order valence-corrected chi connectivity index (χ1v) is 6.66. The van der Waals surface area contributed by atoms with Gasteiger partial charge in [0.1, 0.15) is 18.8 Å². The van der Waals surface area contributed by atoms with Gasteiger partial charge in [-0.05, 0) is 6.92 Å². The van der Waals surface area contributed by atoms with Crippen LogP contribution >= 0.6 is 0 Å². The molecule has 0 aromatic heterocycles. The van der Waals surface area contributed by atoms with Gasteiger partial charge in [0.2, 0.25) is 5.91 Å². The number of carbonyl (C=O) groups is 2. The van der Waals surface area contributed by atoms with E-state index in [0.29, 0.717) is 13.2 Å². The molecule has 2 amide bonds. The average Bonchev–Trinajstić information content (AvgIpc) is 2.51. The Labute approximate surface area is 125 Å². The summed E-state index contributed by atoms with van der Waals surface area (Å²) in [7, 11) is 0. The van der Waals surface area contributed by atoms with E-state index in [1.165, 1.54) is 6.07 Å². The van der Waals surface area contributed by atoms with Crippen molar-refractivity contribution in [1.82, 2.24) is 10.6 Å². The van der Waals surface area contributed by atoms with Gasteiger partial charge in [-0.2, -0.15) is 0 Å². The lowest BCUT2D eigenvalue weighted by molar-refractivity contribution is -0.385. The van der Waals surface area contributed by atoms with E-state index in [1.807, 2.05) is 0 Å². The zero-order valence-electron chi connectivity index (χ0n) is 11.9. The van der Waals surface area contributed by atoms with Crippen LogP contribution in [-0.2, 0) is 4.79 Å². The Bertz CT molecular complexity index is 616. The molecule has 0 radical (unpaired) electrons. The third-order valence-corrected chi connectivity index (χ3v) is 2.89. The second-order valence-electron chi connectivity index (χ2n) is 4.41. The van der Waals surface area contributed by atoms with Gasteiger partial charge in [-0.15, -0.1) is 0 Å². The Balaban J connectivity index is 2.22. The van der Waals surface area contributed by atoms with Crippen LogP contribution in [0.2, 0.25) is 0 Å². The predicted molar refractivity (Wildman–Crippen MR) is 75.1 cm³/mol. The number of hydrogen-bond acceptors (Lipinski definition) is 6. The molecule has 0 saturated carbocycles. The Kier molecular flexibility index (Phi) is 4.77. The van der Waals surface area contributed by atoms with Gasteiger partial charge in [0, 0.05) is 12.6 Å². The van der Waals surface area contributed by atoms with E-state index >= 15 is 0 Å². The first-order chi connectivity index (χ1) is 10.5. The summed E-state index contributed by atoms with van der Waals surface area (Å²) in [6.45, 7) is 2.49. The van der Waals surface area contributed by atoms with Crippen molar-refractivity contribution < 1.29 is 24.0 Å². The molecule has 0 spiro atoms. The van der Waals surface area contributed by atoms with Crippen LogP contribution in [0.5, 0.6) is 11.5 Å². The van der Waals surface area contributed by atoms with Crippen LogP contribution in [-0.4, -0.2) is 43.0 Å². The number of nitro groups is 1. The highest BCUT2D eigenvalue weighted by Crippen LogP contribution is 2.36. The van der Waals surface area contributed by atoms with Crippen molar-refractivity contribution in [1.29, 1.82) is 0 Å². The van der Waals surface area contributed by atoms with E-state index in [2.05, 4.69) is 10.6 Å². The quantitative estimate of drug-likeness (QED) is 0.593. The second-order valence-corrected chi connectivity index (χ2v) is 4.41. The highest BCUT2D eigenvalue weighted by molar-refractivity contribution is 6.00. The topological polar surface area (TPSA) is 120 Å². The molecule has 0 fully saturated rings. The molecular weight excluding hydrogens is 294 g/mol. The summed E-state index contributed by atoms with van der Waals surface area (Å²) in [5.41, 5.74) is -0.587. The largest absolute Gasteiger partial charge is 0.486 e. The zero-order chi connectivity index (χ0) is 16.1. The molecule has 1 aliphatic rings. The van der Waals surface area contributed by atoms with Crippen LogP contribution in [0.15, 0.2) is 12.1 Å². The Hall–Kier alpha value is -2.84. The molecule has 22 heavy (non-hydrogen) atoms. The van der Waals surface area contributed by atoms with Crippen LogP contribution < -0.4 is 20.1 Å². The van der Waals surface area contributed by atoms with Crippen molar-refractivity contribution in [2.75, 3.05) is 26.3 Å². The van der Waals surface area contributed by atoms with Crippen molar-refractivity contribution in [3.63, 3.8) is 0 Å². The van der Waals surface area contributed by atoms with Crippen molar-refractivity contribution in [2.45, 2.75) is 6.92 Å². The number of rotatable bonds is 5. The van der Waals surface area contributed by atoms with Crippen LogP contribution in [0.25, 0.3) is 0 Å². The minimum atomic E-state index is -0.727. The second kappa shape index (κ2) is 6.74. The Morgan fingerprint density at radius 1 is 1.23 bits per heavy atom. The van der Waals surface area contributed by atoms with E-state index in [-0.39, 0.29) is 36.1 Å². The number of benzene rings is 1. The van der Waals surface area contributed by atoms with Gasteiger partial charge in [0.25, 0.3) is 11.6 Å². The molecule has 0 bridgehead atoms. The van der Waals surface area contributed by atoms with E-state index in [1.54, 1.807) is 6.92 Å². The Morgan fingerprint density at radius 3 is 2.45 bits per heavy atom. The number of nitro benzene ring substituents is 1. The molecule has 9 nitrogen and oxygen atoms in total. The normalized spacial score (nSPS) is 12.4. The van der Waals surface area contributed by atoms with Gasteiger partial charge < -0.3 is 20.1 Å². The summed E-state index contributed by atoms with van der Waals surface area (Å²) in [6, 6.07) is 2.40. The molecule has 1 aromatic rings. The number of amides is 2. The maximum atomic E-state index is 12.1. The smallest absolute Gasteiger partial charge is 0.286 e. The lowest BCUT2D eigenvalue weighted by Crippen LogP contribution is -2.37. The molecule has 118 valence electrons. The van der Waals surface area contributed by atoms with Crippen LogP contribution in [0, 0.1) is 10.1 Å². The lowest BCUT2D eigenvalue weighted by Gasteiger charge is -2.18. The van der Waals surface area contributed by atoms with E-state index in [9.17, 15) is 19.7 Å². The molecule has 1 aromatic carbocycles. The number of fused-ring (bicyclic) bond motifs is 1. The first-order valence-electron chi connectivity index (χ1n) is 6.66. The molecule has 2 N–H and O–H groups in total. The summed E-state index contributed by atoms with van der Waals surface area (Å²) in [4.78, 5) is 33.8. The highest BCUT2D eigenvalue weighted by Gasteiger charge is 2.26. The molecule has 0 saturated heterocycles. The van der Waals surface area contributed by atoms with Gasteiger partial charge in [-0.3, -0.25) is 19.7 Å². The molecule has 0 atom stereocenters. The fraction of sp³-hybridized carbons (Fsp3) is 0.385. The predicted octanol–water partition coefficient (Wildman–Crippen LogP) is 0.232. The number of nitrogens with zero attached hydrogens (tertiary/aromatic N) is 1. The Morgan fingerprint density at radius 2 is 1.86 bits per heavy atom. The van der Waals surface area contributed by atoms with Gasteiger partial charge >= 0.3 is 0 Å². The average molecular weight is 309 g/mol. The first kappa shape index (κ1) is 15.5. The molecule has 1 aliphatic heterocycles. The van der Waals surface area contributed by atoms with E-state index < -0.39 is 16.5 Å². The maximum Gasteiger partial charge on any atom is 0.286 e. The van der Waals surface area contributed by atoms with E-state index in [0.717, 1.165) is 6.07 Å². The standard InChI is InChI=1S/C13H15N3O6/c1-2-14-12(17)7-15-13(18)8-5-10-11(22-4-3-21-10)6-9(8)16(19)20/h5-6H,2-4,7H2,1H3,(H,14,17)(H,15,18). The van der Waals surface area contributed by atoms with Crippen molar-refractivity contribution in [3.8, 4) is 11.5 Å². The summed E-state index contributed by atoms with van der Waals surface area (Å²) < 4.78 is 10.6. The van der Waals surface area contributed by atoms with Crippen molar-refractivity contribution in [2.24, 2.45) is 0 Å². The number of hydrogen-bond donors (Lipinski definition) is 2. The molecule has 0 unspecified atom stereocenters. The van der Waals surface area contributed by atoms with Crippen LogP contribution in [0.1, 0.15) is 17.3 Å². The lowest BCUT2D eigenvalue weighted by atomic mass is 10.1. The van der Waals surface area contributed by atoms with Crippen molar-refractivity contribution in [3.05, 3.63) is 27.8 Å². The number of nitrogens with one attached hydrogen (secondary N) is 2. The fourth-order valence-corrected chi connectivity index (χ4v) is 1.93. The number of likely N-dealkylation sites (N-methyl/N-ethyl adjacent to an activating group) is 1. The molecule has 0 aliphatic carbocycles. The maximum absolute atomic E-state index is 12.1. The van der Waals surface area contributed by atoms with E-state index in [4.69, 9.17) is 9.47 Å². The van der Waals surface area contributed by atoms with Gasteiger partial charge in [-0.25, -0.2) is 0 Å². The summed E-state index contributed by atoms with van der Waals surface area (Å²) >= 11 is 0. The highest BCUT2D eigenvalue weighted by atomic mass is 16.6. The third-order valence-electron chi connectivity index (χ3n) is 2.89. The minimum Gasteiger partial charge on any atom is -0.486 e. The molecule has 2 rings (SSSR count). The van der Waals surface area contributed by atoms with Crippen LogP contribution in [0.3, 0.4) is 0 Å². The monoisotopic (exact) mass is 309 g/mol. The van der Waals surface area contributed by atoms with Gasteiger partial charge in [0.15, 0.2) is 11.5 Å². The number of carbonyl (C=O) groups excluding carboxylic acids is 2. The summed E-state index contributed by atoms with van der Waals surface area (Å²) in [6.07, 6.45) is 0. The molecular formula is C13H15N3O6.